The Balaban J connectivity index is 1.62. The molecule has 0 radical (unpaired) electrons. The van der Waals surface area contributed by atoms with Crippen molar-refractivity contribution in [1.29, 1.82) is 0 Å². The van der Waals surface area contributed by atoms with Gasteiger partial charge in [-0.2, -0.15) is 13.2 Å². The monoisotopic (exact) mass is 392 g/mol. The predicted molar refractivity (Wildman–Crippen MR) is 100 cm³/mol. The third-order valence-electron chi connectivity index (χ3n) is 5.91. The number of halogens is 3. The summed E-state index contributed by atoms with van der Waals surface area (Å²) in [4.78, 5) is 4.62. The molecule has 5 nitrogen and oxygen atoms in total. The zero-order valence-electron chi connectivity index (χ0n) is 15.9. The van der Waals surface area contributed by atoms with Gasteiger partial charge in [0.25, 0.3) is 0 Å². The second kappa shape index (κ2) is 6.92. The average molecular weight is 392 g/mol. The highest BCUT2D eigenvalue weighted by molar-refractivity contribution is 5.70. The van der Waals surface area contributed by atoms with Crippen LogP contribution in [0.5, 0.6) is 5.75 Å². The maximum absolute atomic E-state index is 12.8. The number of rotatable bonds is 2. The molecule has 1 N–H and O–H groups in total. The summed E-state index contributed by atoms with van der Waals surface area (Å²) in [5.41, 5.74) is 0.529. The van der Waals surface area contributed by atoms with Crippen LogP contribution in [0.4, 0.5) is 19.0 Å². The van der Waals surface area contributed by atoms with Crippen LogP contribution in [0.2, 0.25) is 0 Å². The number of benzene rings is 1. The van der Waals surface area contributed by atoms with Crippen molar-refractivity contribution in [2.75, 3.05) is 31.6 Å². The molecule has 2 aromatic rings. The SMILES string of the molecule is Cc1cc(N2CCC3CCN(C)CC32)nnc1-c1ccc(C(F)(F)F)cc1O. The fourth-order valence-corrected chi connectivity index (χ4v) is 4.37. The molecule has 2 aliphatic rings. The first kappa shape index (κ1) is 19.0. The van der Waals surface area contributed by atoms with Crippen molar-refractivity contribution >= 4 is 5.82 Å². The number of phenols is 1. The molecule has 2 saturated heterocycles. The van der Waals surface area contributed by atoms with Crippen molar-refractivity contribution in [3.05, 3.63) is 35.4 Å². The third kappa shape index (κ3) is 3.41. The van der Waals surface area contributed by atoms with E-state index in [2.05, 4.69) is 27.0 Å². The fourth-order valence-electron chi connectivity index (χ4n) is 4.37. The number of piperidine rings is 1. The molecule has 0 amide bonds. The number of fused-ring (bicyclic) bond motifs is 1. The standard InChI is InChI=1S/C20H23F3N4O/c1-12-9-18(27-8-6-13-5-7-26(2)11-16(13)27)24-25-19(12)15-4-3-14(10-17(15)28)20(21,22)23/h3-4,9-10,13,16,28H,5-8,11H2,1-2H3. The Bertz CT molecular complexity index is 886. The molecule has 4 rings (SSSR count). The lowest BCUT2D eigenvalue weighted by Gasteiger charge is -2.37. The van der Waals surface area contributed by atoms with E-state index in [1.807, 2.05) is 13.0 Å². The van der Waals surface area contributed by atoms with Gasteiger partial charge in [-0.05, 0) is 69.1 Å². The van der Waals surface area contributed by atoms with Crippen LogP contribution in [0.3, 0.4) is 0 Å². The van der Waals surface area contributed by atoms with Gasteiger partial charge in [-0.3, -0.25) is 0 Å². The molecule has 0 spiro atoms. The smallest absolute Gasteiger partial charge is 0.416 e. The molecule has 1 aromatic carbocycles. The second-order valence-corrected chi connectivity index (χ2v) is 7.82. The van der Waals surface area contributed by atoms with Crippen LogP contribution < -0.4 is 4.90 Å². The maximum atomic E-state index is 12.8. The zero-order valence-corrected chi connectivity index (χ0v) is 15.9. The number of hydrogen-bond acceptors (Lipinski definition) is 5. The van der Waals surface area contributed by atoms with E-state index in [0.717, 1.165) is 49.6 Å². The van der Waals surface area contributed by atoms with Crippen LogP contribution in [0.1, 0.15) is 24.0 Å². The molecular formula is C20H23F3N4O. The van der Waals surface area contributed by atoms with Crippen LogP contribution in [-0.2, 0) is 6.18 Å². The van der Waals surface area contributed by atoms with Gasteiger partial charge in [0.1, 0.15) is 5.75 Å². The van der Waals surface area contributed by atoms with Crippen molar-refractivity contribution in [3.8, 4) is 17.0 Å². The molecule has 2 atom stereocenters. The van der Waals surface area contributed by atoms with E-state index in [0.29, 0.717) is 17.7 Å². The zero-order chi connectivity index (χ0) is 20.1. The Kier molecular flexibility index (Phi) is 4.69. The van der Waals surface area contributed by atoms with Gasteiger partial charge in [-0.25, -0.2) is 0 Å². The normalized spacial score (nSPS) is 23.1. The van der Waals surface area contributed by atoms with E-state index in [9.17, 15) is 18.3 Å². The van der Waals surface area contributed by atoms with Gasteiger partial charge >= 0.3 is 6.18 Å². The van der Waals surface area contributed by atoms with Crippen LogP contribution in [0.15, 0.2) is 24.3 Å². The lowest BCUT2D eigenvalue weighted by atomic mass is 9.92. The van der Waals surface area contributed by atoms with Gasteiger partial charge in [0.2, 0.25) is 0 Å². The van der Waals surface area contributed by atoms with Gasteiger partial charge in [0.15, 0.2) is 5.82 Å². The van der Waals surface area contributed by atoms with Crippen molar-refractivity contribution < 1.29 is 18.3 Å². The number of alkyl halides is 3. The number of aromatic nitrogens is 2. The second-order valence-electron chi connectivity index (χ2n) is 7.82. The molecule has 3 heterocycles. The maximum Gasteiger partial charge on any atom is 0.416 e. The first-order chi connectivity index (χ1) is 13.2. The molecule has 8 heteroatoms. The van der Waals surface area contributed by atoms with E-state index in [1.54, 1.807) is 0 Å². The van der Waals surface area contributed by atoms with Crippen molar-refractivity contribution in [2.24, 2.45) is 5.92 Å². The number of phenolic OH excluding ortho intramolecular Hbond substituents is 1. The Morgan fingerprint density at radius 2 is 1.86 bits per heavy atom. The Morgan fingerprint density at radius 3 is 2.54 bits per heavy atom. The Morgan fingerprint density at radius 1 is 1.11 bits per heavy atom. The summed E-state index contributed by atoms with van der Waals surface area (Å²) in [6.45, 7) is 4.88. The number of nitrogens with zero attached hydrogens (tertiary/aromatic N) is 4. The highest BCUT2D eigenvalue weighted by Gasteiger charge is 2.38. The first-order valence-electron chi connectivity index (χ1n) is 9.44. The molecule has 150 valence electrons. The van der Waals surface area contributed by atoms with Crippen LogP contribution >= 0.6 is 0 Å². The lowest BCUT2D eigenvalue weighted by Crippen LogP contribution is -2.47. The summed E-state index contributed by atoms with van der Waals surface area (Å²) in [6, 6.07) is 5.26. The van der Waals surface area contributed by atoms with E-state index in [1.165, 1.54) is 12.5 Å². The molecule has 2 fully saturated rings. The van der Waals surface area contributed by atoms with Crippen molar-refractivity contribution in [1.82, 2.24) is 15.1 Å². The molecule has 2 unspecified atom stereocenters. The molecule has 1 aromatic heterocycles. The first-order valence-corrected chi connectivity index (χ1v) is 9.44. The summed E-state index contributed by atoms with van der Waals surface area (Å²) < 4.78 is 38.5. The van der Waals surface area contributed by atoms with E-state index < -0.39 is 17.5 Å². The minimum absolute atomic E-state index is 0.251. The fraction of sp³-hybridized carbons (Fsp3) is 0.500. The van der Waals surface area contributed by atoms with Gasteiger partial charge in [0, 0.05) is 24.7 Å². The average Bonchev–Trinajstić information content (AvgIpc) is 3.04. The number of hydrogen-bond donors (Lipinski definition) is 1. The molecule has 0 saturated carbocycles. The Hall–Kier alpha value is -2.35. The lowest BCUT2D eigenvalue weighted by molar-refractivity contribution is -0.137. The molecule has 0 bridgehead atoms. The molecule has 2 aliphatic heterocycles. The summed E-state index contributed by atoms with van der Waals surface area (Å²) >= 11 is 0. The van der Waals surface area contributed by atoms with Crippen LogP contribution in [0.25, 0.3) is 11.3 Å². The summed E-state index contributed by atoms with van der Waals surface area (Å²) in [6.07, 6.45) is -2.18. The molecule has 0 aliphatic carbocycles. The Labute approximate surface area is 161 Å². The largest absolute Gasteiger partial charge is 0.507 e. The highest BCUT2D eigenvalue weighted by Crippen LogP contribution is 2.38. The molecular weight excluding hydrogens is 369 g/mol. The minimum Gasteiger partial charge on any atom is -0.507 e. The number of likely N-dealkylation sites (tertiary alicyclic amines) is 1. The van der Waals surface area contributed by atoms with Gasteiger partial charge in [-0.1, -0.05) is 0 Å². The quantitative estimate of drug-likeness (QED) is 0.845. The number of aromatic hydroxyl groups is 1. The molecule has 28 heavy (non-hydrogen) atoms. The van der Waals surface area contributed by atoms with Gasteiger partial charge < -0.3 is 14.9 Å². The highest BCUT2D eigenvalue weighted by atomic mass is 19.4. The minimum atomic E-state index is -4.50. The van der Waals surface area contributed by atoms with Crippen molar-refractivity contribution in [3.63, 3.8) is 0 Å². The van der Waals surface area contributed by atoms with Crippen molar-refractivity contribution in [2.45, 2.75) is 32.0 Å². The van der Waals surface area contributed by atoms with E-state index in [-0.39, 0.29) is 5.56 Å². The van der Waals surface area contributed by atoms with Gasteiger partial charge in [0.05, 0.1) is 11.3 Å². The van der Waals surface area contributed by atoms with Crippen LogP contribution in [0, 0.1) is 12.8 Å². The topological polar surface area (TPSA) is 52.5 Å². The van der Waals surface area contributed by atoms with E-state index >= 15 is 0 Å². The van der Waals surface area contributed by atoms with E-state index in [4.69, 9.17) is 0 Å². The summed E-state index contributed by atoms with van der Waals surface area (Å²) in [7, 11) is 2.13. The predicted octanol–water partition coefficient (Wildman–Crippen LogP) is 3.71. The summed E-state index contributed by atoms with van der Waals surface area (Å²) in [5.74, 6) is 1.00. The number of aryl methyl sites for hydroxylation is 1. The number of likely N-dealkylation sites (N-methyl/N-ethyl adjacent to an activating group) is 1. The van der Waals surface area contributed by atoms with Gasteiger partial charge in [-0.15, -0.1) is 10.2 Å². The third-order valence-corrected chi connectivity index (χ3v) is 5.91. The summed E-state index contributed by atoms with van der Waals surface area (Å²) in [5, 5.41) is 18.7. The number of anilines is 1. The van der Waals surface area contributed by atoms with Crippen LogP contribution in [-0.4, -0.2) is 52.9 Å².